The molecule has 1 aromatic rings. The van der Waals surface area contributed by atoms with E-state index in [2.05, 4.69) is 0 Å². The summed E-state index contributed by atoms with van der Waals surface area (Å²) in [5.74, 6) is 0.138. The number of carbonyl (C=O) groups excluding carboxylic acids is 2. The van der Waals surface area contributed by atoms with Gasteiger partial charge < -0.3 is 19.1 Å². The van der Waals surface area contributed by atoms with Crippen LogP contribution in [0, 0.1) is 0 Å². The second-order valence-corrected chi connectivity index (χ2v) is 8.02. The largest absolute Gasteiger partial charge is 0.496 e. The van der Waals surface area contributed by atoms with Crippen molar-refractivity contribution >= 4 is 17.4 Å². The summed E-state index contributed by atoms with van der Waals surface area (Å²) >= 11 is 0. The molecule has 1 fully saturated rings. The molecule has 1 saturated carbocycles. The van der Waals surface area contributed by atoms with Gasteiger partial charge in [-0.15, -0.1) is 0 Å². The Kier molecular flexibility index (Phi) is 8.49. The standard InChI is InChI=1S/C24H34N2O5/c1-29-16-14-25(15-17-30-2)22-21(19-12-8-9-13-20(19)31-3)23(27)26(24(22)28)18-10-6-4-5-7-11-18/h8-9,12-13,18H,4-7,10-11,14-17H2,1-3H3. The highest BCUT2D eigenvalue weighted by Gasteiger charge is 2.45. The first-order valence-electron chi connectivity index (χ1n) is 11.1. The zero-order valence-electron chi connectivity index (χ0n) is 18.9. The van der Waals surface area contributed by atoms with Crippen molar-refractivity contribution in [2.45, 2.75) is 44.6 Å². The van der Waals surface area contributed by atoms with E-state index in [0.717, 1.165) is 38.5 Å². The van der Waals surface area contributed by atoms with E-state index in [9.17, 15) is 9.59 Å². The van der Waals surface area contributed by atoms with Crippen molar-refractivity contribution in [1.29, 1.82) is 0 Å². The van der Waals surface area contributed by atoms with Gasteiger partial charge in [0, 0.05) is 38.9 Å². The van der Waals surface area contributed by atoms with Crippen LogP contribution in [-0.4, -0.2) is 75.3 Å². The van der Waals surface area contributed by atoms with Crippen molar-refractivity contribution in [3.05, 3.63) is 35.5 Å². The Morgan fingerprint density at radius 3 is 2.10 bits per heavy atom. The van der Waals surface area contributed by atoms with Crippen molar-refractivity contribution in [3.63, 3.8) is 0 Å². The quantitative estimate of drug-likeness (QED) is 0.420. The molecule has 170 valence electrons. The first kappa shape index (κ1) is 23.3. The normalized spacial score (nSPS) is 18.0. The Morgan fingerprint density at radius 1 is 0.903 bits per heavy atom. The maximum absolute atomic E-state index is 13.8. The number of rotatable bonds is 10. The third-order valence-corrected chi connectivity index (χ3v) is 6.10. The minimum Gasteiger partial charge on any atom is -0.496 e. The van der Waals surface area contributed by atoms with Crippen LogP contribution < -0.4 is 4.74 Å². The Bertz CT molecular complexity index is 791. The minimum absolute atomic E-state index is 0.0589. The van der Waals surface area contributed by atoms with Crippen LogP contribution in [0.3, 0.4) is 0 Å². The van der Waals surface area contributed by atoms with Gasteiger partial charge in [0.15, 0.2) is 0 Å². The van der Waals surface area contributed by atoms with E-state index in [1.54, 1.807) is 21.3 Å². The maximum Gasteiger partial charge on any atom is 0.278 e. The molecule has 0 N–H and O–H groups in total. The Labute approximate surface area is 184 Å². The smallest absolute Gasteiger partial charge is 0.278 e. The summed E-state index contributed by atoms with van der Waals surface area (Å²) in [6, 6.07) is 7.34. The molecule has 0 aromatic heterocycles. The lowest BCUT2D eigenvalue weighted by Gasteiger charge is -2.28. The van der Waals surface area contributed by atoms with Gasteiger partial charge in [0.2, 0.25) is 0 Å². The molecule has 31 heavy (non-hydrogen) atoms. The van der Waals surface area contributed by atoms with Gasteiger partial charge in [-0.25, -0.2) is 0 Å². The van der Waals surface area contributed by atoms with E-state index in [1.165, 1.54) is 4.90 Å². The van der Waals surface area contributed by atoms with Gasteiger partial charge in [0.25, 0.3) is 11.8 Å². The molecule has 1 aliphatic heterocycles. The van der Waals surface area contributed by atoms with Gasteiger partial charge in [0.05, 0.1) is 25.9 Å². The fraction of sp³-hybridized carbons (Fsp3) is 0.583. The van der Waals surface area contributed by atoms with Crippen LogP contribution in [0.5, 0.6) is 5.75 Å². The van der Waals surface area contributed by atoms with Gasteiger partial charge in [0.1, 0.15) is 11.4 Å². The van der Waals surface area contributed by atoms with E-state index in [0.29, 0.717) is 48.9 Å². The average Bonchev–Trinajstić information content (AvgIpc) is 2.95. The lowest BCUT2D eigenvalue weighted by Crippen LogP contribution is -2.43. The molecule has 1 aliphatic carbocycles. The first-order valence-corrected chi connectivity index (χ1v) is 11.1. The molecule has 0 unspecified atom stereocenters. The van der Waals surface area contributed by atoms with Gasteiger partial charge in [-0.3, -0.25) is 14.5 Å². The van der Waals surface area contributed by atoms with Gasteiger partial charge >= 0.3 is 0 Å². The zero-order valence-corrected chi connectivity index (χ0v) is 18.9. The van der Waals surface area contributed by atoms with Crippen molar-refractivity contribution in [2.75, 3.05) is 47.6 Å². The summed E-state index contributed by atoms with van der Waals surface area (Å²) in [6.45, 7) is 1.87. The summed E-state index contributed by atoms with van der Waals surface area (Å²) in [5.41, 5.74) is 1.49. The summed E-state index contributed by atoms with van der Waals surface area (Å²) < 4.78 is 16.1. The SMILES string of the molecule is COCCN(CCOC)C1=C(c2ccccc2OC)C(=O)N(C2CCCCCC2)C1=O. The predicted octanol–water partition coefficient (Wildman–Crippen LogP) is 3.09. The molecule has 2 aliphatic rings. The predicted molar refractivity (Wildman–Crippen MR) is 119 cm³/mol. The van der Waals surface area contributed by atoms with E-state index in [4.69, 9.17) is 14.2 Å². The topological polar surface area (TPSA) is 68.3 Å². The maximum atomic E-state index is 13.8. The van der Waals surface area contributed by atoms with Crippen LogP contribution >= 0.6 is 0 Å². The van der Waals surface area contributed by atoms with Crippen LogP contribution in [0.15, 0.2) is 30.0 Å². The van der Waals surface area contributed by atoms with E-state index in [-0.39, 0.29) is 17.9 Å². The van der Waals surface area contributed by atoms with Crippen LogP contribution in [0.4, 0.5) is 0 Å². The lowest BCUT2D eigenvalue weighted by atomic mass is 10.0. The van der Waals surface area contributed by atoms with Gasteiger partial charge in [-0.05, 0) is 18.9 Å². The fourth-order valence-corrected chi connectivity index (χ4v) is 4.51. The van der Waals surface area contributed by atoms with Crippen LogP contribution in [0.1, 0.15) is 44.1 Å². The Morgan fingerprint density at radius 2 is 1.52 bits per heavy atom. The monoisotopic (exact) mass is 430 g/mol. The molecular formula is C24H34N2O5. The second kappa shape index (κ2) is 11.3. The summed E-state index contributed by atoms with van der Waals surface area (Å²) in [7, 11) is 4.84. The number of hydrogen-bond donors (Lipinski definition) is 0. The average molecular weight is 431 g/mol. The van der Waals surface area contributed by atoms with Gasteiger partial charge in [-0.2, -0.15) is 0 Å². The number of benzene rings is 1. The van der Waals surface area contributed by atoms with E-state index < -0.39 is 0 Å². The molecule has 0 saturated heterocycles. The molecule has 7 nitrogen and oxygen atoms in total. The van der Waals surface area contributed by atoms with Crippen molar-refractivity contribution in [3.8, 4) is 5.75 Å². The number of para-hydroxylation sites is 1. The number of nitrogens with zero attached hydrogens (tertiary/aromatic N) is 2. The van der Waals surface area contributed by atoms with Gasteiger partial charge in [-0.1, -0.05) is 43.9 Å². The fourth-order valence-electron chi connectivity index (χ4n) is 4.51. The zero-order chi connectivity index (χ0) is 22.2. The summed E-state index contributed by atoms with van der Waals surface area (Å²) in [5, 5.41) is 0. The molecule has 7 heteroatoms. The highest BCUT2D eigenvalue weighted by molar-refractivity contribution is 6.36. The molecule has 1 heterocycles. The molecular weight excluding hydrogens is 396 g/mol. The van der Waals surface area contributed by atoms with Crippen molar-refractivity contribution in [1.82, 2.24) is 9.80 Å². The third kappa shape index (κ3) is 5.10. The molecule has 0 spiro atoms. The molecule has 2 amide bonds. The number of imide groups is 1. The highest BCUT2D eigenvalue weighted by atomic mass is 16.5. The number of ether oxygens (including phenoxy) is 3. The molecule has 3 rings (SSSR count). The second-order valence-electron chi connectivity index (χ2n) is 8.02. The van der Waals surface area contributed by atoms with Crippen molar-refractivity contribution < 1.29 is 23.8 Å². The molecule has 0 atom stereocenters. The minimum atomic E-state index is -0.226. The first-order chi connectivity index (χ1) is 15.1. The molecule has 0 radical (unpaired) electrons. The Hall–Kier alpha value is -2.38. The summed E-state index contributed by atoms with van der Waals surface area (Å²) in [6.07, 6.45) is 6.11. The van der Waals surface area contributed by atoms with E-state index in [1.807, 2.05) is 29.2 Å². The molecule has 0 bridgehead atoms. The lowest BCUT2D eigenvalue weighted by molar-refractivity contribution is -0.140. The van der Waals surface area contributed by atoms with Crippen molar-refractivity contribution in [2.24, 2.45) is 0 Å². The van der Waals surface area contributed by atoms with Crippen LogP contribution in [0.25, 0.3) is 5.57 Å². The Balaban J connectivity index is 2.08. The number of methoxy groups -OCH3 is 3. The number of carbonyl (C=O) groups is 2. The third-order valence-electron chi connectivity index (χ3n) is 6.10. The number of hydrogen-bond acceptors (Lipinski definition) is 6. The molecule has 1 aromatic carbocycles. The highest BCUT2D eigenvalue weighted by Crippen LogP contribution is 2.38. The van der Waals surface area contributed by atoms with Crippen LogP contribution in [-0.2, 0) is 19.1 Å². The summed E-state index contributed by atoms with van der Waals surface area (Å²) in [4.78, 5) is 31.0. The van der Waals surface area contributed by atoms with E-state index >= 15 is 0 Å². The number of amides is 2. The van der Waals surface area contributed by atoms with Crippen LogP contribution in [0.2, 0.25) is 0 Å².